The summed E-state index contributed by atoms with van der Waals surface area (Å²) in [4.78, 5) is 4.07. The van der Waals surface area contributed by atoms with Crippen LogP contribution in [0.4, 0.5) is 5.82 Å². The lowest BCUT2D eigenvalue weighted by atomic mass is 9.93. The fourth-order valence-electron chi connectivity index (χ4n) is 3.54. The molecule has 2 aromatic heterocycles. The number of aromatic nitrogens is 3. The second kappa shape index (κ2) is 8.19. The van der Waals surface area contributed by atoms with Crippen LogP contribution >= 0.6 is 0 Å². The number of nitrogens with zero attached hydrogens (tertiary/aromatic N) is 4. The predicted molar refractivity (Wildman–Crippen MR) is 139 cm³/mol. The Kier molecular flexibility index (Phi) is 6.36. The van der Waals surface area contributed by atoms with Crippen LogP contribution in [0.2, 0.25) is 36.3 Å². The van der Waals surface area contributed by atoms with Gasteiger partial charge in [-0.05, 0) is 48.4 Å². The number of anilines is 1. The van der Waals surface area contributed by atoms with Crippen LogP contribution in [-0.4, -0.2) is 43.4 Å². The zero-order valence-electron chi connectivity index (χ0n) is 22.2. The molecule has 186 valence electrons. The number of nitrogen functional groups attached to an aromatic ring is 1. The van der Waals surface area contributed by atoms with Gasteiger partial charge in [0, 0.05) is 0 Å². The highest BCUT2D eigenvalue weighted by Crippen LogP contribution is 2.50. The molecule has 0 saturated carbocycles. The Morgan fingerprint density at radius 1 is 1.09 bits per heavy atom. The molecule has 1 saturated heterocycles. The molecule has 34 heavy (non-hydrogen) atoms. The Bertz CT molecular complexity index is 1140. The van der Waals surface area contributed by atoms with E-state index >= 15 is 0 Å². The number of fused-ring (bicyclic) bond motifs is 1. The summed E-state index contributed by atoms with van der Waals surface area (Å²) in [6.07, 6.45) is 0.0438. The molecule has 0 aromatic carbocycles. The standard InChI is InChI=1S/C24H39N5O3Si2/c1-16-19(31-33(8,9)22(2,3)4)20(32-34(10,11)23(5,6)7)24(14-25,30-16)18-13-12-17-21(26)27-15-28-29(17)18/h12-13,15,19-20H,1H2,2-11H3,(H2,26,27,28)/t19-,20-,24+/m1/s1. The molecular formula is C24H39N5O3Si2. The molecule has 8 nitrogen and oxygen atoms in total. The van der Waals surface area contributed by atoms with Gasteiger partial charge in [0.15, 0.2) is 22.5 Å². The number of hydrogen-bond acceptors (Lipinski definition) is 7. The Morgan fingerprint density at radius 2 is 1.65 bits per heavy atom. The second-order valence-electron chi connectivity index (χ2n) is 12.2. The van der Waals surface area contributed by atoms with Gasteiger partial charge in [0.25, 0.3) is 5.60 Å². The highest BCUT2D eigenvalue weighted by molar-refractivity contribution is 6.74. The van der Waals surface area contributed by atoms with E-state index in [2.05, 4.69) is 90.5 Å². The number of nitriles is 1. The maximum Gasteiger partial charge on any atom is 0.263 e. The topological polar surface area (TPSA) is 108 Å². The van der Waals surface area contributed by atoms with Crippen LogP contribution in [0.25, 0.3) is 5.52 Å². The second-order valence-corrected chi connectivity index (χ2v) is 21.7. The average Bonchev–Trinajstić information content (AvgIpc) is 3.22. The molecule has 2 aromatic rings. The first-order valence-corrected chi connectivity index (χ1v) is 17.4. The normalized spacial score (nSPS) is 24.3. The van der Waals surface area contributed by atoms with Gasteiger partial charge in [-0.15, -0.1) is 0 Å². The maximum atomic E-state index is 10.7. The molecule has 0 unspecified atom stereocenters. The molecule has 0 radical (unpaired) electrons. The number of ether oxygens (including phenoxy) is 1. The van der Waals surface area contributed by atoms with Gasteiger partial charge in [0.1, 0.15) is 41.6 Å². The van der Waals surface area contributed by atoms with Crippen molar-refractivity contribution in [2.75, 3.05) is 5.73 Å². The van der Waals surface area contributed by atoms with E-state index in [4.69, 9.17) is 19.3 Å². The summed E-state index contributed by atoms with van der Waals surface area (Å²) in [5, 5.41) is 14.9. The van der Waals surface area contributed by atoms with Crippen LogP contribution in [0.3, 0.4) is 0 Å². The van der Waals surface area contributed by atoms with E-state index in [0.717, 1.165) is 0 Å². The van der Waals surface area contributed by atoms with Crippen molar-refractivity contribution in [3.05, 3.63) is 36.5 Å². The third-order valence-electron chi connectivity index (χ3n) is 7.77. The summed E-state index contributed by atoms with van der Waals surface area (Å²) in [5.41, 5.74) is 5.69. The highest BCUT2D eigenvalue weighted by Gasteiger charge is 2.61. The fourth-order valence-corrected chi connectivity index (χ4v) is 6.06. The van der Waals surface area contributed by atoms with Crippen molar-refractivity contribution >= 4 is 28.0 Å². The van der Waals surface area contributed by atoms with E-state index in [1.807, 2.05) is 0 Å². The molecule has 3 rings (SSSR count). The molecule has 3 heterocycles. The zero-order chi connectivity index (χ0) is 25.9. The highest BCUT2D eigenvalue weighted by atomic mass is 28.4. The molecule has 0 amide bonds. The average molecular weight is 502 g/mol. The van der Waals surface area contributed by atoms with Gasteiger partial charge in [0.05, 0.1) is 0 Å². The minimum Gasteiger partial charge on any atom is -0.466 e. The van der Waals surface area contributed by atoms with Crippen molar-refractivity contribution in [2.24, 2.45) is 0 Å². The minimum absolute atomic E-state index is 0.0455. The minimum atomic E-state index is -2.36. The molecule has 2 N–H and O–H groups in total. The van der Waals surface area contributed by atoms with E-state index < -0.39 is 34.4 Å². The van der Waals surface area contributed by atoms with Gasteiger partial charge in [-0.25, -0.2) is 9.50 Å². The van der Waals surface area contributed by atoms with Gasteiger partial charge < -0.3 is 19.3 Å². The maximum absolute atomic E-state index is 10.7. The number of rotatable bonds is 5. The van der Waals surface area contributed by atoms with E-state index in [0.29, 0.717) is 22.8 Å². The van der Waals surface area contributed by atoms with Crippen LogP contribution in [0, 0.1) is 11.3 Å². The van der Waals surface area contributed by atoms with Crippen molar-refractivity contribution < 1.29 is 13.6 Å². The summed E-state index contributed by atoms with van der Waals surface area (Å²) in [5.74, 6) is 0.717. The van der Waals surface area contributed by atoms with E-state index in [-0.39, 0.29) is 10.1 Å². The molecule has 0 aliphatic carbocycles. The quantitative estimate of drug-likeness (QED) is 0.550. The molecule has 1 fully saturated rings. The number of nitrogens with two attached hydrogens (primary N) is 1. The molecule has 10 heteroatoms. The van der Waals surface area contributed by atoms with Crippen molar-refractivity contribution in [1.29, 1.82) is 5.26 Å². The Balaban J connectivity index is 2.22. The molecule has 1 aliphatic heterocycles. The molecule has 0 spiro atoms. The Morgan fingerprint density at radius 3 is 2.18 bits per heavy atom. The van der Waals surface area contributed by atoms with E-state index in [1.54, 1.807) is 16.6 Å². The summed E-state index contributed by atoms with van der Waals surface area (Å²) < 4.78 is 21.7. The molecular weight excluding hydrogens is 462 g/mol. The molecule has 3 atom stereocenters. The smallest absolute Gasteiger partial charge is 0.263 e. The van der Waals surface area contributed by atoms with Crippen molar-refractivity contribution in [3.63, 3.8) is 0 Å². The van der Waals surface area contributed by atoms with Crippen LogP contribution < -0.4 is 5.73 Å². The lowest BCUT2D eigenvalue weighted by Crippen LogP contribution is -2.55. The Hall–Kier alpha value is -2.20. The van der Waals surface area contributed by atoms with Gasteiger partial charge in [0.2, 0.25) is 0 Å². The van der Waals surface area contributed by atoms with Gasteiger partial charge in [-0.2, -0.15) is 10.4 Å². The molecule has 1 aliphatic rings. The lowest BCUT2D eigenvalue weighted by Gasteiger charge is -2.44. The fraction of sp³-hybridized carbons (Fsp3) is 0.625. The summed E-state index contributed by atoms with van der Waals surface area (Å²) in [6.45, 7) is 25.9. The third-order valence-corrected chi connectivity index (χ3v) is 16.7. The van der Waals surface area contributed by atoms with Crippen molar-refractivity contribution in [3.8, 4) is 6.07 Å². The van der Waals surface area contributed by atoms with Gasteiger partial charge in [-0.1, -0.05) is 48.1 Å². The van der Waals surface area contributed by atoms with Crippen LogP contribution in [0.1, 0.15) is 47.2 Å². The predicted octanol–water partition coefficient (Wildman–Crippen LogP) is 5.36. The summed E-state index contributed by atoms with van der Waals surface area (Å²) >= 11 is 0. The van der Waals surface area contributed by atoms with E-state index in [9.17, 15) is 5.26 Å². The first-order chi connectivity index (χ1) is 15.4. The first-order valence-electron chi connectivity index (χ1n) is 11.6. The third kappa shape index (κ3) is 4.19. The molecule has 0 bridgehead atoms. The van der Waals surface area contributed by atoms with Gasteiger partial charge >= 0.3 is 0 Å². The van der Waals surface area contributed by atoms with E-state index in [1.165, 1.54) is 6.33 Å². The van der Waals surface area contributed by atoms with Crippen LogP contribution in [-0.2, 0) is 19.2 Å². The summed E-state index contributed by atoms with van der Waals surface area (Å²) in [7, 11) is -4.63. The Labute approximate surface area is 205 Å². The van der Waals surface area contributed by atoms with Crippen LogP contribution in [0.5, 0.6) is 0 Å². The van der Waals surface area contributed by atoms with Gasteiger partial charge in [-0.3, -0.25) is 0 Å². The van der Waals surface area contributed by atoms with Crippen molar-refractivity contribution in [1.82, 2.24) is 14.6 Å². The zero-order valence-corrected chi connectivity index (χ0v) is 24.2. The van der Waals surface area contributed by atoms with Crippen molar-refractivity contribution in [2.45, 2.75) is 95.6 Å². The lowest BCUT2D eigenvalue weighted by molar-refractivity contribution is -0.0151. The number of hydrogen-bond donors (Lipinski definition) is 1. The SMILES string of the molecule is C=C1O[C@@](C#N)(c2ccc3c(N)ncnn23)[C@H](O[Si](C)(C)C(C)(C)C)[C@@H]1O[Si](C)(C)C(C)(C)C. The first kappa shape index (κ1) is 26.4. The monoisotopic (exact) mass is 501 g/mol. The largest absolute Gasteiger partial charge is 0.466 e. The van der Waals surface area contributed by atoms with Crippen LogP contribution in [0.15, 0.2) is 30.8 Å². The summed E-state index contributed by atoms with van der Waals surface area (Å²) in [6, 6.07) is 6.02.